The predicted octanol–water partition coefficient (Wildman–Crippen LogP) is 1.64. The third-order valence-corrected chi connectivity index (χ3v) is 6.56. The minimum absolute atomic E-state index is 0.0838. The summed E-state index contributed by atoms with van der Waals surface area (Å²) in [7, 11) is -0.0213. The van der Waals surface area contributed by atoms with Crippen molar-refractivity contribution in [1.82, 2.24) is 19.8 Å². The van der Waals surface area contributed by atoms with Crippen molar-refractivity contribution in [2.75, 3.05) is 14.1 Å². The number of nitrogens with one attached hydrogen (secondary N) is 2. The fraction of sp³-hybridized carbons (Fsp3) is 0.786. The highest BCUT2D eigenvalue weighted by Crippen LogP contribution is 2.32. The molecule has 0 aromatic carbocycles. The largest absolute Gasteiger partial charge is 0.314 e. The fourth-order valence-electron chi connectivity index (χ4n) is 3.26. The van der Waals surface area contributed by atoms with Crippen molar-refractivity contribution >= 4 is 10.0 Å². The molecule has 1 aliphatic carbocycles. The minimum Gasteiger partial charge on any atom is -0.314 e. The lowest BCUT2D eigenvalue weighted by Gasteiger charge is -2.35. The highest BCUT2D eigenvalue weighted by molar-refractivity contribution is 7.89. The van der Waals surface area contributed by atoms with E-state index in [0.717, 1.165) is 19.3 Å². The predicted molar refractivity (Wildman–Crippen MR) is 82.5 cm³/mol. The topological polar surface area (TPSA) is 78.1 Å². The van der Waals surface area contributed by atoms with Crippen LogP contribution in [0.1, 0.15) is 44.0 Å². The number of aryl methyl sites for hydroxylation is 1. The van der Waals surface area contributed by atoms with E-state index < -0.39 is 10.0 Å². The van der Waals surface area contributed by atoms with Gasteiger partial charge >= 0.3 is 0 Å². The molecule has 2 N–H and O–H groups in total. The number of hydrogen-bond donors (Lipinski definition) is 2. The lowest BCUT2D eigenvalue weighted by Crippen LogP contribution is -2.43. The van der Waals surface area contributed by atoms with Crippen LogP contribution in [0.15, 0.2) is 4.90 Å². The van der Waals surface area contributed by atoms with Crippen molar-refractivity contribution in [3.05, 3.63) is 11.4 Å². The first-order valence-corrected chi connectivity index (χ1v) is 9.00. The normalized spacial score (nSPS) is 23.7. The average molecular weight is 314 g/mol. The van der Waals surface area contributed by atoms with Gasteiger partial charge in [0.25, 0.3) is 0 Å². The Bertz CT molecular complexity index is 582. The fourth-order valence-corrected chi connectivity index (χ4v) is 5.06. The number of aromatic amines is 1. The zero-order valence-corrected chi connectivity index (χ0v) is 14.1. The molecule has 120 valence electrons. The second kappa shape index (κ2) is 6.46. The monoisotopic (exact) mass is 314 g/mol. The van der Waals surface area contributed by atoms with Crippen molar-refractivity contribution in [2.45, 2.75) is 57.0 Å². The van der Waals surface area contributed by atoms with Gasteiger partial charge in [-0.25, -0.2) is 8.42 Å². The second-order valence-corrected chi connectivity index (χ2v) is 7.94. The van der Waals surface area contributed by atoms with Gasteiger partial charge in [-0.3, -0.25) is 5.10 Å². The van der Waals surface area contributed by atoms with Gasteiger partial charge in [-0.2, -0.15) is 9.40 Å². The summed E-state index contributed by atoms with van der Waals surface area (Å²) in [6.07, 6.45) is 4.33. The third kappa shape index (κ3) is 3.14. The van der Waals surface area contributed by atoms with E-state index in [1.807, 2.05) is 0 Å². The van der Waals surface area contributed by atoms with E-state index in [1.54, 1.807) is 25.3 Å². The Morgan fingerprint density at radius 3 is 2.67 bits per heavy atom. The van der Waals surface area contributed by atoms with Gasteiger partial charge in [-0.05, 0) is 32.7 Å². The van der Waals surface area contributed by atoms with Gasteiger partial charge in [0.2, 0.25) is 10.0 Å². The molecule has 21 heavy (non-hydrogen) atoms. The quantitative estimate of drug-likeness (QED) is 0.866. The van der Waals surface area contributed by atoms with Crippen LogP contribution in [0.4, 0.5) is 0 Å². The zero-order chi connectivity index (χ0) is 15.6. The molecular weight excluding hydrogens is 288 g/mol. The molecule has 0 saturated heterocycles. The van der Waals surface area contributed by atoms with Gasteiger partial charge in [0, 0.05) is 19.6 Å². The Labute approximate surface area is 127 Å². The van der Waals surface area contributed by atoms with Crippen LogP contribution in [0.5, 0.6) is 0 Å². The molecule has 1 heterocycles. The minimum atomic E-state index is -3.51. The van der Waals surface area contributed by atoms with Crippen LogP contribution in [0, 0.1) is 12.8 Å². The maximum Gasteiger partial charge on any atom is 0.246 e. The van der Waals surface area contributed by atoms with Crippen molar-refractivity contribution in [3.8, 4) is 0 Å². The zero-order valence-electron chi connectivity index (χ0n) is 13.3. The number of hydrogen-bond acceptors (Lipinski definition) is 4. The summed E-state index contributed by atoms with van der Waals surface area (Å²) in [5.41, 5.74) is 1.17. The molecule has 1 fully saturated rings. The Balaban J connectivity index is 2.35. The SMILES string of the molecule is CNCc1n[nH]c(C)c1S(=O)(=O)N(C)C1CCCCC1C. The molecule has 0 radical (unpaired) electrons. The average Bonchev–Trinajstić information content (AvgIpc) is 2.80. The molecule has 1 saturated carbocycles. The van der Waals surface area contributed by atoms with Crippen LogP contribution >= 0.6 is 0 Å². The lowest BCUT2D eigenvalue weighted by atomic mass is 9.86. The Morgan fingerprint density at radius 1 is 1.38 bits per heavy atom. The van der Waals surface area contributed by atoms with E-state index in [9.17, 15) is 8.42 Å². The van der Waals surface area contributed by atoms with Crippen LogP contribution in [-0.4, -0.2) is 43.1 Å². The van der Waals surface area contributed by atoms with Crippen LogP contribution in [-0.2, 0) is 16.6 Å². The van der Waals surface area contributed by atoms with Gasteiger partial charge in [0.05, 0.1) is 11.4 Å². The maximum atomic E-state index is 13.0. The molecule has 0 aliphatic heterocycles. The molecule has 2 atom stereocenters. The van der Waals surface area contributed by atoms with Crippen molar-refractivity contribution < 1.29 is 8.42 Å². The van der Waals surface area contributed by atoms with Crippen molar-refractivity contribution in [3.63, 3.8) is 0 Å². The summed E-state index contributed by atoms with van der Waals surface area (Å²) in [6, 6.07) is 0.0838. The molecule has 1 aliphatic rings. The van der Waals surface area contributed by atoms with Crippen LogP contribution in [0.2, 0.25) is 0 Å². The summed E-state index contributed by atoms with van der Waals surface area (Å²) >= 11 is 0. The third-order valence-electron chi connectivity index (χ3n) is 4.48. The van der Waals surface area contributed by atoms with E-state index in [-0.39, 0.29) is 6.04 Å². The Morgan fingerprint density at radius 2 is 2.05 bits per heavy atom. The first-order chi connectivity index (χ1) is 9.89. The molecule has 2 rings (SSSR count). The maximum absolute atomic E-state index is 13.0. The lowest BCUT2D eigenvalue weighted by molar-refractivity contribution is 0.213. The molecule has 0 spiro atoms. The molecule has 0 bridgehead atoms. The smallest absolute Gasteiger partial charge is 0.246 e. The summed E-state index contributed by atoms with van der Waals surface area (Å²) < 4.78 is 27.5. The van der Waals surface area contributed by atoms with E-state index in [0.29, 0.717) is 28.7 Å². The van der Waals surface area contributed by atoms with Crippen LogP contribution in [0.25, 0.3) is 0 Å². The van der Waals surface area contributed by atoms with E-state index >= 15 is 0 Å². The van der Waals surface area contributed by atoms with E-state index in [4.69, 9.17) is 0 Å². The van der Waals surface area contributed by atoms with Crippen LogP contribution in [0.3, 0.4) is 0 Å². The van der Waals surface area contributed by atoms with Gasteiger partial charge < -0.3 is 5.32 Å². The van der Waals surface area contributed by atoms with Crippen molar-refractivity contribution in [1.29, 1.82) is 0 Å². The number of nitrogens with zero attached hydrogens (tertiary/aromatic N) is 2. The van der Waals surface area contributed by atoms with Crippen LogP contribution < -0.4 is 5.32 Å². The summed E-state index contributed by atoms with van der Waals surface area (Å²) in [4.78, 5) is 0.331. The Kier molecular flexibility index (Phi) is 5.06. The van der Waals surface area contributed by atoms with E-state index in [2.05, 4.69) is 22.4 Å². The number of aromatic nitrogens is 2. The molecule has 7 heteroatoms. The summed E-state index contributed by atoms with van der Waals surface area (Å²) in [5, 5.41) is 9.90. The first-order valence-electron chi connectivity index (χ1n) is 7.56. The number of sulfonamides is 1. The summed E-state index contributed by atoms with van der Waals surface area (Å²) in [5.74, 6) is 0.401. The standard InChI is InChI=1S/C14H26N4O2S/c1-10-7-5-6-8-13(10)18(4)21(19,20)14-11(2)16-17-12(14)9-15-3/h10,13,15H,5-9H2,1-4H3,(H,16,17). The second-order valence-electron chi connectivity index (χ2n) is 6.01. The molecule has 1 aromatic heterocycles. The number of rotatable bonds is 5. The van der Waals surface area contributed by atoms with Gasteiger partial charge in [-0.15, -0.1) is 0 Å². The molecular formula is C14H26N4O2S. The number of H-pyrrole nitrogens is 1. The highest BCUT2D eigenvalue weighted by Gasteiger charge is 2.35. The summed E-state index contributed by atoms with van der Waals surface area (Å²) in [6.45, 7) is 4.34. The highest BCUT2D eigenvalue weighted by atomic mass is 32.2. The molecule has 2 unspecified atom stereocenters. The van der Waals surface area contributed by atoms with Gasteiger partial charge in [0.15, 0.2) is 0 Å². The molecule has 6 nitrogen and oxygen atoms in total. The van der Waals surface area contributed by atoms with Crippen molar-refractivity contribution in [2.24, 2.45) is 5.92 Å². The van der Waals surface area contributed by atoms with Gasteiger partial charge in [-0.1, -0.05) is 19.8 Å². The molecule has 1 aromatic rings. The van der Waals surface area contributed by atoms with Gasteiger partial charge in [0.1, 0.15) is 4.90 Å². The first kappa shape index (κ1) is 16.5. The molecule has 0 amide bonds. The van der Waals surface area contributed by atoms with E-state index in [1.165, 1.54) is 6.42 Å². The Hall–Kier alpha value is -0.920.